The molecule has 1 saturated heterocycles. The number of ether oxygens (including phenoxy) is 7. The molecule has 1 heterocycles. The van der Waals surface area contributed by atoms with Crippen LogP contribution in [0, 0.1) is 0 Å². The van der Waals surface area contributed by atoms with Crippen LogP contribution in [0.2, 0.25) is 0 Å². The Morgan fingerprint density at radius 2 is 1.00 bits per heavy atom. The summed E-state index contributed by atoms with van der Waals surface area (Å²) >= 11 is 0. The second-order valence-corrected chi connectivity index (χ2v) is 14.4. The number of amides is 1. The van der Waals surface area contributed by atoms with Crippen molar-refractivity contribution in [3.8, 4) is 0 Å². The zero-order chi connectivity index (χ0) is 42.0. The van der Waals surface area contributed by atoms with E-state index >= 15 is 8.78 Å². The number of hydrogen-bond acceptors (Lipinski definition) is 9. The van der Waals surface area contributed by atoms with E-state index in [0.717, 1.165) is 22.3 Å². The molecule has 0 bridgehead atoms. The summed E-state index contributed by atoms with van der Waals surface area (Å²) in [6.07, 6.45) is -8.97. The lowest BCUT2D eigenvalue weighted by atomic mass is 9.88. The Bertz CT molecular complexity index is 2000. The number of carbonyl (C=O) groups is 2. The molecule has 1 amide bonds. The molecule has 6 atom stereocenters. The van der Waals surface area contributed by atoms with Crippen molar-refractivity contribution in [2.24, 2.45) is 0 Å². The molecule has 0 spiro atoms. The van der Waals surface area contributed by atoms with E-state index in [1.54, 1.807) is 31.2 Å². The minimum absolute atomic E-state index is 0.0397. The molecule has 0 radical (unpaired) electrons. The van der Waals surface area contributed by atoms with Gasteiger partial charge in [-0.1, -0.05) is 152 Å². The van der Waals surface area contributed by atoms with Crippen molar-refractivity contribution in [3.05, 3.63) is 179 Å². The molecule has 60 heavy (non-hydrogen) atoms. The summed E-state index contributed by atoms with van der Waals surface area (Å²) in [5, 5.41) is 2.32. The van der Waals surface area contributed by atoms with Crippen LogP contribution in [0.25, 0.3) is 0 Å². The summed E-state index contributed by atoms with van der Waals surface area (Å²) in [6.45, 7) is 1.40. The number of esters is 1. The number of rotatable bonds is 21. The highest BCUT2D eigenvalue weighted by atomic mass is 19.3. The molecule has 0 aromatic heterocycles. The Kier molecular flexibility index (Phi) is 16.7. The number of alkyl carbamates (subject to hydrolysis) is 1. The minimum Gasteiger partial charge on any atom is -0.464 e. The van der Waals surface area contributed by atoms with E-state index in [1.807, 2.05) is 127 Å². The third-order valence-corrected chi connectivity index (χ3v) is 9.85. The first kappa shape index (κ1) is 44.1. The van der Waals surface area contributed by atoms with Gasteiger partial charge in [-0.15, -0.1) is 0 Å². The van der Waals surface area contributed by atoms with Crippen LogP contribution in [0.15, 0.2) is 152 Å². The molecule has 1 aliphatic heterocycles. The van der Waals surface area contributed by atoms with Crippen LogP contribution in [0.5, 0.6) is 0 Å². The van der Waals surface area contributed by atoms with Crippen molar-refractivity contribution in [3.63, 3.8) is 0 Å². The van der Waals surface area contributed by atoms with E-state index in [2.05, 4.69) is 5.32 Å². The molecule has 1 N–H and O–H groups in total. The normalized spacial score (nSPS) is 19.6. The van der Waals surface area contributed by atoms with Crippen LogP contribution in [0.4, 0.5) is 13.6 Å². The van der Waals surface area contributed by atoms with Crippen LogP contribution < -0.4 is 5.32 Å². The van der Waals surface area contributed by atoms with Crippen molar-refractivity contribution in [2.45, 2.75) is 88.9 Å². The van der Waals surface area contributed by atoms with Gasteiger partial charge in [-0.05, 0) is 34.7 Å². The molecule has 0 aliphatic carbocycles. The van der Waals surface area contributed by atoms with Crippen molar-refractivity contribution in [1.82, 2.24) is 5.32 Å². The van der Waals surface area contributed by atoms with E-state index < -0.39 is 61.0 Å². The summed E-state index contributed by atoms with van der Waals surface area (Å²) in [7, 11) is 0. The maximum absolute atomic E-state index is 17.4. The predicted molar refractivity (Wildman–Crippen MR) is 220 cm³/mol. The summed E-state index contributed by atoms with van der Waals surface area (Å²) in [5.74, 6) is -4.91. The zero-order valence-corrected chi connectivity index (χ0v) is 33.5. The van der Waals surface area contributed by atoms with Gasteiger partial charge < -0.3 is 38.5 Å². The first-order chi connectivity index (χ1) is 29.3. The lowest BCUT2D eigenvalue weighted by Gasteiger charge is -2.48. The molecule has 1 aliphatic rings. The second-order valence-electron chi connectivity index (χ2n) is 14.4. The first-order valence-corrected chi connectivity index (χ1v) is 20.0. The van der Waals surface area contributed by atoms with Gasteiger partial charge >= 0.3 is 12.1 Å². The second kappa shape index (κ2) is 22.8. The lowest BCUT2D eigenvalue weighted by molar-refractivity contribution is -0.311. The molecular formula is C48H51F2NO9. The van der Waals surface area contributed by atoms with E-state index in [1.165, 1.54) is 0 Å². The number of nitrogens with one attached hydrogen (secondary N) is 1. The third kappa shape index (κ3) is 13.3. The van der Waals surface area contributed by atoms with Gasteiger partial charge in [0.2, 0.25) is 0 Å². The van der Waals surface area contributed by atoms with Gasteiger partial charge in [-0.2, -0.15) is 0 Å². The summed E-state index contributed by atoms with van der Waals surface area (Å²) < 4.78 is 77.5. The molecule has 5 aromatic carbocycles. The number of benzene rings is 5. The summed E-state index contributed by atoms with van der Waals surface area (Å²) in [5.41, 5.74) is 3.92. The monoisotopic (exact) mass is 823 g/mol. The Hall–Kier alpha value is -5.50. The van der Waals surface area contributed by atoms with Gasteiger partial charge in [-0.25, -0.2) is 18.4 Å². The molecule has 0 saturated carbocycles. The SMILES string of the molecule is CCOC(=O)C(CC(F)(F)[C@H]1O[C@H](COCc2ccccc2)[C@H](OCc2ccccc2)[C@H](OCc2ccccc2)[C@H]1OCc1ccccc1)NC(=O)OCc1ccccc1. The standard InChI is InChI=1S/C48H51F2NO9/c1-2-55-46(52)40(51-47(53)59-33-39-26-16-7-17-27-39)28-48(49,50)45-44(58-32-38-24-14-6-15-25-38)43(57-31-37-22-12-5-13-23-37)42(56-30-36-20-10-4-11-21-36)41(60-45)34-54-29-35-18-8-3-9-19-35/h3-27,40-45H,2,28-34H2,1H3,(H,51,53)/t40?,41-,42+,43+,44-,45+/m1/s1. The van der Waals surface area contributed by atoms with Crippen LogP contribution in [-0.2, 0) is 71.0 Å². The fraction of sp³-hybridized carbons (Fsp3) is 0.333. The highest BCUT2D eigenvalue weighted by Crippen LogP contribution is 2.40. The molecule has 12 heteroatoms. The lowest BCUT2D eigenvalue weighted by Crippen LogP contribution is -2.66. The van der Waals surface area contributed by atoms with Crippen molar-refractivity contribution in [1.29, 1.82) is 0 Å². The Balaban J connectivity index is 1.34. The van der Waals surface area contributed by atoms with Gasteiger partial charge in [0.1, 0.15) is 37.1 Å². The van der Waals surface area contributed by atoms with Crippen LogP contribution >= 0.6 is 0 Å². The molecule has 1 fully saturated rings. The van der Waals surface area contributed by atoms with Gasteiger partial charge in [0.15, 0.2) is 6.10 Å². The topological polar surface area (TPSA) is 111 Å². The highest BCUT2D eigenvalue weighted by Gasteiger charge is 2.58. The van der Waals surface area contributed by atoms with Crippen molar-refractivity contribution >= 4 is 12.1 Å². The largest absolute Gasteiger partial charge is 0.464 e. The Morgan fingerprint density at radius 1 is 0.583 bits per heavy atom. The average molecular weight is 824 g/mol. The van der Waals surface area contributed by atoms with Crippen LogP contribution in [0.3, 0.4) is 0 Å². The number of alkyl halides is 2. The zero-order valence-electron chi connectivity index (χ0n) is 33.5. The average Bonchev–Trinajstić information content (AvgIpc) is 3.28. The molecule has 10 nitrogen and oxygen atoms in total. The van der Waals surface area contributed by atoms with Gasteiger partial charge in [0.05, 0.1) is 39.6 Å². The highest BCUT2D eigenvalue weighted by molar-refractivity contribution is 5.81. The van der Waals surface area contributed by atoms with Gasteiger partial charge in [0, 0.05) is 6.42 Å². The number of hydrogen-bond donors (Lipinski definition) is 1. The Labute approximate surface area is 349 Å². The molecule has 5 aromatic rings. The quantitative estimate of drug-likeness (QED) is 0.0728. The fourth-order valence-electron chi connectivity index (χ4n) is 6.86. The summed E-state index contributed by atoms with van der Waals surface area (Å²) in [6, 6.07) is 44.4. The smallest absolute Gasteiger partial charge is 0.408 e. The van der Waals surface area contributed by atoms with E-state index in [0.29, 0.717) is 5.56 Å². The fourth-order valence-corrected chi connectivity index (χ4v) is 6.86. The number of carbonyl (C=O) groups excluding carboxylic acids is 2. The summed E-state index contributed by atoms with van der Waals surface area (Å²) in [4.78, 5) is 26.3. The van der Waals surface area contributed by atoms with E-state index in [4.69, 9.17) is 33.2 Å². The number of halogens is 2. The molecule has 1 unspecified atom stereocenters. The maximum atomic E-state index is 17.4. The molecule has 6 rings (SSSR count). The van der Waals surface area contributed by atoms with Crippen molar-refractivity contribution in [2.75, 3.05) is 13.2 Å². The van der Waals surface area contributed by atoms with E-state index in [-0.39, 0.29) is 46.2 Å². The third-order valence-electron chi connectivity index (χ3n) is 9.85. The van der Waals surface area contributed by atoms with Crippen molar-refractivity contribution < 1.29 is 51.5 Å². The van der Waals surface area contributed by atoms with Gasteiger partial charge in [0.25, 0.3) is 5.92 Å². The maximum Gasteiger partial charge on any atom is 0.408 e. The van der Waals surface area contributed by atoms with Crippen LogP contribution in [-0.4, -0.2) is 67.8 Å². The minimum atomic E-state index is -3.85. The molecule has 316 valence electrons. The molecular weight excluding hydrogens is 773 g/mol. The predicted octanol–water partition coefficient (Wildman–Crippen LogP) is 8.61. The van der Waals surface area contributed by atoms with Crippen LogP contribution in [0.1, 0.15) is 41.2 Å². The van der Waals surface area contributed by atoms with Gasteiger partial charge in [-0.3, -0.25) is 0 Å². The van der Waals surface area contributed by atoms with E-state index in [9.17, 15) is 9.59 Å². The Morgan fingerprint density at radius 3 is 1.47 bits per heavy atom. The first-order valence-electron chi connectivity index (χ1n) is 20.0.